The minimum atomic E-state index is 0. The summed E-state index contributed by atoms with van der Waals surface area (Å²) >= 11 is 0. The van der Waals surface area contributed by atoms with Crippen LogP contribution in [0.1, 0.15) is 0 Å². The van der Waals surface area contributed by atoms with Gasteiger partial charge in [-0.15, -0.1) is 24.0 Å². The Labute approximate surface area is 41.9 Å². The summed E-state index contributed by atoms with van der Waals surface area (Å²) in [5.74, 6) is 0. The minimum absolute atomic E-state index is 0. The first-order valence-electron chi connectivity index (χ1n) is 0.622. The van der Waals surface area contributed by atoms with Crippen LogP contribution >= 0.6 is 24.0 Å². The van der Waals surface area contributed by atoms with Gasteiger partial charge in [0.1, 0.15) is 0 Å². The molecule has 0 saturated heterocycles. The molecular formula is CH5IN2. The van der Waals surface area contributed by atoms with E-state index in [0.29, 0.717) is 0 Å². The van der Waals surface area contributed by atoms with Crippen LogP contribution in [0.2, 0.25) is 0 Å². The van der Waals surface area contributed by atoms with E-state index in [2.05, 4.69) is 5.73 Å². The van der Waals surface area contributed by atoms with Crippen LogP contribution < -0.4 is 5.73 Å². The Hall–Kier alpha value is 0.200. The molecule has 3 heteroatoms. The van der Waals surface area contributed by atoms with Crippen molar-refractivity contribution < 1.29 is 0 Å². The highest BCUT2D eigenvalue weighted by Gasteiger charge is 1.10. The van der Waals surface area contributed by atoms with Crippen LogP contribution in [-0.2, 0) is 0 Å². The topological polar surface area (TPSA) is 49.9 Å². The molecule has 0 aliphatic rings. The zero-order valence-electron chi connectivity index (χ0n) is 2.06. The van der Waals surface area contributed by atoms with Crippen LogP contribution in [0.3, 0.4) is 0 Å². The normalized spacial score (nSPS) is 3.00. The van der Waals surface area contributed by atoms with Gasteiger partial charge in [0.25, 0.3) is 0 Å². The molecule has 0 fully saturated rings. The van der Waals surface area contributed by atoms with E-state index in [1.165, 1.54) is 0 Å². The van der Waals surface area contributed by atoms with E-state index in [9.17, 15) is 0 Å². The first-order chi connectivity index (χ1) is 1.41. The third-order valence-electron chi connectivity index (χ3n) is 0. The second kappa shape index (κ2) is 10.8. The lowest BCUT2D eigenvalue weighted by molar-refractivity contribution is 1.52. The fourth-order valence-electron chi connectivity index (χ4n) is 0. The summed E-state index contributed by atoms with van der Waals surface area (Å²) in [6, 6.07) is 0. The number of nitrogens with one attached hydrogen (secondary N) is 1. The molecule has 26 valence electrons. The van der Waals surface area contributed by atoms with Crippen molar-refractivity contribution in [2.45, 2.75) is 0 Å². The first kappa shape index (κ1) is 8.89. The zero-order valence-corrected chi connectivity index (χ0v) is 4.39. The molecule has 0 aliphatic heterocycles. The molecule has 0 unspecified atom stereocenters. The molecule has 0 aromatic carbocycles. The molecule has 0 rings (SSSR count). The summed E-state index contributed by atoms with van der Waals surface area (Å²) in [6.45, 7) is 0. The van der Waals surface area contributed by atoms with Crippen molar-refractivity contribution in [3.05, 3.63) is 0 Å². The predicted octanol–water partition coefficient (Wildman–Crippen LogP) is 0.170. The molecule has 4 heavy (non-hydrogen) atoms. The molecule has 0 heterocycles. The number of nitrogens with two attached hydrogens (primary N) is 1. The number of hydrogen-bond donors (Lipinski definition) is 2. The smallest absolute Gasteiger partial charge is 0.0765 e. The van der Waals surface area contributed by atoms with Gasteiger partial charge in [-0.05, 0) is 0 Å². The van der Waals surface area contributed by atoms with E-state index in [1.807, 2.05) is 0 Å². The van der Waals surface area contributed by atoms with Gasteiger partial charge in [-0.3, -0.25) is 5.41 Å². The maximum absolute atomic E-state index is 5.86. The van der Waals surface area contributed by atoms with Crippen molar-refractivity contribution in [3.8, 4) is 0 Å². The van der Waals surface area contributed by atoms with Gasteiger partial charge >= 0.3 is 0 Å². The van der Waals surface area contributed by atoms with E-state index in [1.54, 1.807) is 0 Å². The molecule has 3 N–H and O–H groups in total. The van der Waals surface area contributed by atoms with Crippen molar-refractivity contribution >= 4 is 30.3 Å². The van der Waals surface area contributed by atoms with Gasteiger partial charge in [-0.1, -0.05) is 0 Å². The molecular weight excluding hydrogens is 167 g/mol. The second-order valence-corrected chi connectivity index (χ2v) is 0.167. The fourth-order valence-corrected chi connectivity index (χ4v) is 0. The summed E-state index contributed by atoms with van der Waals surface area (Å²) < 4.78 is 0. The van der Waals surface area contributed by atoms with E-state index in [4.69, 9.17) is 5.41 Å². The van der Waals surface area contributed by atoms with Crippen molar-refractivity contribution in [3.63, 3.8) is 0 Å². The van der Waals surface area contributed by atoms with Crippen molar-refractivity contribution in [1.29, 1.82) is 5.41 Å². The monoisotopic (exact) mass is 172 g/mol. The predicted molar refractivity (Wildman–Crippen MR) is 28.4 cm³/mol. The van der Waals surface area contributed by atoms with Gasteiger partial charge in [0.15, 0.2) is 0 Å². The van der Waals surface area contributed by atoms with Crippen LogP contribution in [0.25, 0.3) is 0 Å². The standard InChI is InChI=1S/CH4N2.HI/c2-1-3;/h1H,(H3,2,3);1H. The van der Waals surface area contributed by atoms with Crippen LogP contribution in [0.4, 0.5) is 0 Å². The lowest BCUT2D eigenvalue weighted by atomic mass is 11.4. The Morgan fingerprint density at radius 1 is 1.75 bits per heavy atom. The molecule has 0 bridgehead atoms. The second-order valence-electron chi connectivity index (χ2n) is 0.167. The van der Waals surface area contributed by atoms with Gasteiger partial charge in [-0.25, -0.2) is 0 Å². The summed E-state index contributed by atoms with van der Waals surface area (Å²) in [4.78, 5) is 0. The molecule has 0 radical (unpaired) electrons. The average molecular weight is 172 g/mol. The quantitative estimate of drug-likeness (QED) is 0.305. The van der Waals surface area contributed by atoms with Gasteiger partial charge in [0.2, 0.25) is 0 Å². The minimum Gasteiger partial charge on any atom is -0.390 e. The molecule has 0 aromatic rings. The van der Waals surface area contributed by atoms with Crippen LogP contribution in [0.5, 0.6) is 0 Å². The van der Waals surface area contributed by atoms with Crippen LogP contribution in [0.15, 0.2) is 0 Å². The molecule has 0 aromatic heterocycles. The Balaban J connectivity index is 0. The average Bonchev–Trinajstić information content (AvgIpc) is 0.918. The summed E-state index contributed by atoms with van der Waals surface area (Å²) in [6.07, 6.45) is 0.750. The van der Waals surface area contributed by atoms with Crippen LogP contribution in [0, 0.1) is 5.41 Å². The molecule has 2 nitrogen and oxygen atoms in total. The Morgan fingerprint density at radius 2 is 1.75 bits per heavy atom. The molecule has 0 spiro atoms. The van der Waals surface area contributed by atoms with E-state index >= 15 is 0 Å². The maximum Gasteiger partial charge on any atom is 0.0765 e. The van der Waals surface area contributed by atoms with Gasteiger partial charge in [0, 0.05) is 0 Å². The maximum atomic E-state index is 5.86. The van der Waals surface area contributed by atoms with Gasteiger partial charge < -0.3 is 5.73 Å². The van der Waals surface area contributed by atoms with Crippen molar-refractivity contribution in [2.75, 3.05) is 0 Å². The summed E-state index contributed by atoms with van der Waals surface area (Å²) in [5, 5.41) is 5.86. The highest BCUT2D eigenvalue weighted by molar-refractivity contribution is 14.0. The van der Waals surface area contributed by atoms with E-state index in [-0.39, 0.29) is 24.0 Å². The third-order valence-corrected chi connectivity index (χ3v) is 0. The highest BCUT2D eigenvalue weighted by Crippen LogP contribution is 0.886. The van der Waals surface area contributed by atoms with E-state index < -0.39 is 0 Å². The molecule has 0 amide bonds. The van der Waals surface area contributed by atoms with Gasteiger partial charge in [0.05, 0.1) is 6.34 Å². The largest absolute Gasteiger partial charge is 0.390 e. The Bertz CT molecular complexity index is 13.5. The number of hydrogen-bond acceptors (Lipinski definition) is 1. The van der Waals surface area contributed by atoms with Crippen molar-refractivity contribution in [1.82, 2.24) is 0 Å². The van der Waals surface area contributed by atoms with E-state index in [0.717, 1.165) is 6.34 Å². The lowest BCUT2D eigenvalue weighted by Gasteiger charge is -1.38. The zero-order chi connectivity index (χ0) is 2.71. The van der Waals surface area contributed by atoms with Crippen molar-refractivity contribution in [2.24, 2.45) is 5.73 Å². The SMILES string of the molecule is I.N=CN. The Kier molecular flexibility index (Phi) is 23.9. The number of halogens is 1. The number of rotatable bonds is 0. The molecule has 0 atom stereocenters. The van der Waals surface area contributed by atoms with Crippen LogP contribution in [-0.4, -0.2) is 6.34 Å². The molecule has 0 aliphatic carbocycles. The lowest BCUT2D eigenvalue weighted by Crippen LogP contribution is -1.81. The Morgan fingerprint density at radius 3 is 1.75 bits per heavy atom. The first-order valence-corrected chi connectivity index (χ1v) is 0.622. The fraction of sp³-hybridized carbons (Fsp3) is 0. The third kappa shape index (κ3) is 79.2. The highest BCUT2D eigenvalue weighted by atomic mass is 127. The summed E-state index contributed by atoms with van der Waals surface area (Å²) in [5.41, 5.74) is 4.39. The molecule has 0 saturated carbocycles. The summed E-state index contributed by atoms with van der Waals surface area (Å²) in [7, 11) is 0. The van der Waals surface area contributed by atoms with Gasteiger partial charge in [-0.2, -0.15) is 0 Å².